The lowest BCUT2D eigenvalue weighted by molar-refractivity contribution is 0.0283. The van der Waals surface area contributed by atoms with E-state index in [1.807, 2.05) is 12.1 Å². The monoisotopic (exact) mass is 339 g/mol. The van der Waals surface area contributed by atoms with E-state index in [0.29, 0.717) is 22.0 Å². The zero-order valence-electron chi connectivity index (χ0n) is 13.0. The molecule has 2 bridgehead atoms. The molecular weight excluding hydrogens is 317 g/mol. The lowest BCUT2D eigenvalue weighted by Gasteiger charge is -2.43. The number of nitrogens with zero attached hydrogens (tertiary/aromatic N) is 1. The number of halogens is 2. The topological polar surface area (TPSA) is 12.5 Å². The normalized spacial score (nSPS) is 34.9. The predicted molar refractivity (Wildman–Crippen MR) is 90.9 cm³/mol. The van der Waals surface area contributed by atoms with Crippen LogP contribution in [0.5, 0.6) is 5.75 Å². The van der Waals surface area contributed by atoms with E-state index < -0.39 is 0 Å². The fourth-order valence-corrected chi connectivity index (χ4v) is 5.04. The lowest BCUT2D eigenvalue weighted by Crippen LogP contribution is -2.49. The van der Waals surface area contributed by atoms with E-state index in [1.165, 1.54) is 32.1 Å². The second kappa shape index (κ2) is 5.89. The van der Waals surface area contributed by atoms with Gasteiger partial charge in [0.1, 0.15) is 10.8 Å². The summed E-state index contributed by atoms with van der Waals surface area (Å²) in [6, 6.07) is 7.12. The van der Waals surface area contributed by atoms with Crippen molar-refractivity contribution in [1.82, 2.24) is 4.90 Å². The minimum Gasteiger partial charge on any atom is -0.492 e. The highest BCUT2D eigenvalue weighted by Gasteiger charge is 2.50. The molecule has 2 heterocycles. The molecular formula is C18H23Cl2NO. The standard InChI is InChI=1S/C18H23Cl2NO/c1-21-12-7-8-16(21)14(13(9-12)11-5-6-11)10-22-17-4-2-3-15(19)18(17)20/h2-4,11-14,16H,5-10H2,1H3/t12?,13-,14-,16?/m0/s1. The van der Waals surface area contributed by atoms with Crippen LogP contribution in [0.4, 0.5) is 0 Å². The van der Waals surface area contributed by atoms with Gasteiger partial charge in [-0.3, -0.25) is 0 Å². The number of fused-ring (bicyclic) bond motifs is 2. The summed E-state index contributed by atoms with van der Waals surface area (Å²) in [4.78, 5) is 2.60. The number of benzene rings is 1. The molecule has 0 aromatic heterocycles. The van der Waals surface area contributed by atoms with E-state index in [-0.39, 0.29) is 0 Å². The van der Waals surface area contributed by atoms with Crippen molar-refractivity contribution >= 4 is 23.2 Å². The van der Waals surface area contributed by atoms with Crippen molar-refractivity contribution in [3.8, 4) is 5.75 Å². The van der Waals surface area contributed by atoms with E-state index in [1.54, 1.807) is 6.07 Å². The van der Waals surface area contributed by atoms with Crippen molar-refractivity contribution in [2.45, 2.75) is 44.2 Å². The van der Waals surface area contributed by atoms with Gasteiger partial charge >= 0.3 is 0 Å². The minimum atomic E-state index is 0.542. The zero-order chi connectivity index (χ0) is 15.3. The van der Waals surface area contributed by atoms with Gasteiger partial charge in [0.05, 0.1) is 11.6 Å². The molecule has 4 rings (SSSR count). The molecule has 0 amide bonds. The average molecular weight is 340 g/mol. The Labute approximate surface area is 142 Å². The van der Waals surface area contributed by atoms with Crippen LogP contribution in [0.2, 0.25) is 10.0 Å². The molecule has 2 unspecified atom stereocenters. The van der Waals surface area contributed by atoms with Gasteiger partial charge in [0, 0.05) is 18.0 Å². The van der Waals surface area contributed by atoms with Crippen molar-refractivity contribution < 1.29 is 4.74 Å². The van der Waals surface area contributed by atoms with E-state index in [2.05, 4.69) is 11.9 Å². The Morgan fingerprint density at radius 1 is 1.18 bits per heavy atom. The molecule has 1 aromatic carbocycles. The van der Waals surface area contributed by atoms with Gasteiger partial charge in [-0.2, -0.15) is 0 Å². The van der Waals surface area contributed by atoms with Crippen LogP contribution in [0.1, 0.15) is 32.1 Å². The molecule has 1 aromatic rings. The Morgan fingerprint density at radius 2 is 2.00 bits per heavy atom. The van der Waals surface area contributed by atoms with Gasteiger partial charge in [-0.05, 0) is 63.1 Å². The van der Waals surface area contributed by atoms with Gasteiger partial charge in [0.2, 0.25) is 0 Å². The second-order valence-electron chi connectivity index (χ2n) is 7.23. The maximum Gasteiger partial charge on any atom is 0.139 e. The zero-order valence-corrected chi connectivity index (χ0v) is 14.5. The molecule has 2 aliphatic heterocycles. The molecule has 2 saturated heterocycles. The molecule has 3 aliphatic rings. The van der Waals surface area contributed by atoms with Crippen LogP contribution < -0.4 is 4.74 Å². The summed E-state index contributed by atoms with van der Waals surface area (Å²) in [5.74, 6) is 3.14. The first-order valence-corrected chi connectivity index (χ1v) is 9.19. The summed E-state index contributed by atoms with van der Waals surface area (Å²) < 4.78 is 6.12. The van der Waals surface area contributed by atoms with Gasteiger partial charge in [-0.1, -0.05) is 29.3 Å². The average Bonchev–Trinajstić information content (AvgIpc) is 3.30. The maximum absolute atomic E-state index is 6.26. The van der Waals surface area contributed by atoms with Gasteiger partial charge < -0.3 is 9.64 Å². The predicted octanol–water partition coefficient (Wildman–Crippen LogP) is 4.88. The largest absolute Gasteiger partial charge is 0.492 e. The van der Waals surface area contributed by atoms with Crippen LogP contribution in [0.3, 0.4) is 0 Å². The first-order chi connectivity index (χ1) is 10.6. The van der Waals surface area contributed by atoms with Gasteiger partial charge in [-0.15, -0.1) is 0 Å². The third kappa shape index (κ3) is 2.64. The van der Waals surface area contributed by atoms with Crippen molar-refractivity contribution in [1.29, 1.82) is 0 Å². The summed E-state index contributed by atoms with van der Waals surface area (Å²) in [5, 5.41) is 1.11. The van der Waals surface area contributed by atoms with E-state index in [0.717, 1.165) is 30.2 Å². The number of hydrogen-bond donors (Lipinski definition) is 0. The molecule has 2 nitrogen and oxygen atoms in total. The van der Waals surface area contributed by atoms with Crippen LogP contribution in [0, 0.1) is 17.8 Å². The molecule has 22 heavy (non-hydrogen) atoms. The quantitative estimate of drug-likeness (QED) is 0.774. The summed E-state index contributed by atoms with van der Waals surface area (Å²) in [5.41, 5.74) is 0. The summed E-state index contributed by atoms with van der Waals surface area (Å²) in [6.07, 6.45) is 6.87. The molecule has 120 valence electrons. The first-order valence-electron chi connectivity index (χ1n) is 8.44. The van der Waals surface area contributed by atoms with Crippen LogP contribution in [-0.2, 0) is 0 Å². The van der Waals surface area contributed by atoms with E-state index in [9.17, 15) is 0 Å². The highest BCUT2D eigenvalue weighted by Crippen LogP contribution is 2.51. The third-order valence-electron chi connectivity index (χ3n) is 6.06. The molecule has 4 atom stereocenters. The summed E-state index contributed by atoms with van der Waals surface area (Å²) in [6.45, 7) is 0.767. The molecule has 4 heteroatoms. The molecule has 0 radical (unpaired) electrons. The highest BCUT2D eigenvalue weighted by atomic mass is 35.5. The second-order valence-corrected chi connectivity index (χ2v) is 8.01. The maximum atomic E-state index is 6.26. The van der Waals surface area contributed by atoms with Gasteiger partial charge in [-0.25, -0.2) is 0 Å². The first kappa shape index (κ1) is 15.1. The van der Waals surface area contributed by atoms with Crippen LogP contribution in [0.25, 0.3) is 0 Å². The van der Waals surface area contributed by atoms with Gasteiger partial charge in [0.15, 0.2) is 0 Å². The Hall–Kier alpha value is -0.440. The molecule has 1 aliphatic carbocycles. The SMILES string of the molecule is CN1C2CCC1[C@@H](COc1cccc(Cl)c1Cl)[C@H](C1CC1)C2. The fraction of sp³-hybridized carbons (Fsp3) is 0.667. The molecule has 0 spiro atoms. The lowest BCUT2D eigenvalue weighted by atomic mass is 9.77. The molecule has 0 N–H and O–H groups in total. The van der Waals surface area contributed by atoms with Crippen molar-refractivity contribution in [2.24, 2.45) is 17.8 Å². The van der Waals surface area contributed by atoms with Crippen molar-refractivity contribution in [2.75, 3.05) is 13.7 Å². The number of piperidine rings is 1. The molecule has 3 fully saturated rings. The Kier molecular flexibility index (Phi) is 4.04. The molecule has 1 saturated carbocycles. The Balaban J connectivity index is 1.50. The van der Waals surface area contributed by atoms with E-state index in [4.69, 9.17) is 27.9 Å². The smallest absolute Gasteiger partial charge is 0.139 e. The van der Waals surface area contributed by atoms with Gasteiger partial charge in [0.25, 0.3) is 0 Å². The Morgan fingerprint density at radius 3 is 2.77 bits per heavy atom. The number of hydrogen-bond acceptors (Lipinski definition) is 2. The third-order valence-corrected chi connectivity index (χ3v) is 6.86. The highest BCUT2D eigenvalue weighted by molar-refractivity contribution is 6.42. The number of ether oxygens (including phenoxy) is 1. The van der Waals surface area contributed by atoms with Crippen molar-refractivity contribution in [3.63, 3.8) is 0 Å². The number of rotatable bonds is 4. The summed E-state index contributed by atoms with van der Waals surface area (Å²) >= 11 is 12.4. The Bertz CT molecular complexity index is 560. The van der Waals surface area contributed by atoms with Crippen LogP contribution in [-0.4, -0.2) is 30.6 Å². The minimum absolute atomic E-state index is 0.542. The van der Waals surface area contributed by atoms with Crippen LogP contribution >= 0.6 is 23.2 Å². The summed E-state index contributed by atoms with van der Waals surface area (Å²) in [7, 11) is 2.30. The van der Waals surface area contributed by atoms with E-state index >= 15 is 0 Å². The van der Waals surface area contributed by atoms with Crippen LogP contribution in [0.15, 0.2) is 18.2 Å². The fourth-order valence-electron chi connectivity index (χ4n) is 4.70. The van der Waals surface area contributed by atoms with Crippen molar-refractivity contribution in [3.05, 3.63) is 28.2 Å².